The summed E-state index contributed by atoms with van der Waals surface area (Å²) in [6, 6.07) is 0. The van der Waals surface area contributed by atoms with Crippen LogP contribution in [0.15, 0.2) is 0 Å². The van der Waals surface area contributed by atoms with Gasteiger partial charge < -0.3 is 15.7 Å². The van der Waals surface area contributed by atoms with Gasteiger partial charge in [-0.2, -0.15) is 0 Å². The zero-order valence-corrected chi connectivity index (χ0v) is 6.51. The molecule has 0 bridgehead atoms. The molecule has 0 atom stereocenters. The summed E-state index contributed by atoms with van der Waals surface area (Å²) in [5.41, 5.74) is 0. The van der Waals surface area contributed by atoms with Gasteiger partial charge in [-0.3, -0.25) is 0 Å². The van der Waals surface area contributed by atoms with E-state index in [-0.39, 0.29) is 41.1 Å². The molecule has 35 valence electrons. The molecule has 4 N–H and O–H groups in total. The van der Waals surface area contributed by atoms with Gasteiger partial charge in [0.1, 0.15) is 0 Å². The van der Waals surface area contributed by atoms with Gasteiger partial charge in [0.15, 0.2) is 0 Å². The van der Waals surface area contributed by atoms with Gasteiger partial charge in [0.2, 0.25) is 0 Å². The maximum atomic E-state index is 8.56. The van der Waals surface area contributed by atoms with Crippen molar-refractivity contribution in [3.8, 4) is 0 Å². The minimum Gasteiger partial charge on any atom is -0.450 e. The van der Waals surface area contributed by atoms with Gasteiger partial charge in [0, 0.05) is 35.6 Å². The molecule has 6 heavy (non-hydrogen) atoms. The Kier molecular flexibility index (Phi) is 24.3. The average molecular weight is 81.0 g/mol. The molecule has 0 amide bonds. The van der Waals surface area contributed by atoms with E-state index in [1.165, 1.54) is 0 Å². The first kappa shape index (κ1) is 16.1. The Morgan fingerprint density at radius 1 is 1.33 bits per heavy atom. The van der Waals surface area contributed by atoms with Gasteiger partial charge in [0.25, 0.3) is 0 Å². The fourth-order valence-electron chi connectivity index (χ4n) is 0. The summed E-state index contributed by atoms with van der Waals surface area (Å²) in [4.78, 5) is 8.56. The second kappa shape index (κ2) is 9.06. The molecule has 0 saturated heterocycles. The summed E-state index contributed by atoms with van der Waals surface area (Å²) >= 11 is 0. The first-order valence-corrected chi connectivity index (χ1v) is 0.651. The van der Waals surface area contributed by atoms with Crippen molar-refractivity contribution in [1.82, 2.24) is 0 Å². The largest absolute Gasteiger partial charge is 0.503 e. The van der Waals surface area contributed by atoms with Crippen LogP contribution in [-0.2, 0) is 0 Å². The zero-order valence-electron chi connectivity index (χ0n) is 2.88. The van der Waals surface area contributed by atoms with Crippen molar-refractivity contribution in [3.63, 3.8) is 0 Å². The summed E-state index contributed by atoms with van der Waals surface area (Å²) in [7, 11) is 0. The Labute approximate surface area is 62.1 Å². The molecule has 1 radical (unpaired) electrons. The topological polar surface area (TPSA) is 89.0 Å². The third kappa shape index (κ3) is 288. The van der Waals surface area contributed by atoms with Gasteiger partial charge in [0.05, 0.1) is 0 Å². The summed E-state index contributed by atoms with van der Waals surface area (Å²) in [6.07, 6.45) is -1.83. The van der Waals surface area contributed by atoms with Crippen LogP contribution in [0.3, 0.4) is 0 Å². The third-order valence-corrected chi connectivity index (χ3v) is 0. The molecule has 5 heteroatoms. The Balaban J connectivity index is -0.0000000450. The fourth-order valence-corrected chi connectivity index (χ4v) is 0. The van der Waals surface area contributed by atoms with E-state index in [0.717, 1.165) is 0 Å². The van der Waals surface area contributed by atoms with Gasteiger partial charge in [-0.25, -0.2) is 4.79 Å². The van der Waals surface area contributed by atoms with E-state index in [4.69, 9.17) is 15.0 Å². The van der Waals surface area contributed by atoms with Crippen molar-refractivity contribution in [1.29, 1.82) is 0 Å². The second-order valence-electron chi connectivity index (χ2n) is 0.283. The van der Waals surface area contributed by atoms with Crippen LogP contribution in [0, 0.1) is 35.6 Å². The number of hydrogen-bond acceptors (Lipinski definition) is 1. The van der Waals surface area contributed by atoms with Crippen molar-refractivity contribution in [2.45, 2.75) is 0 Å². The minimum absolute atomic E-state index is 0. The molecule has 0 unspecified atom stereocenters. The Morgan fingerprint density at radius 2 is 1.33 bits per heavy atom. The second-order valence-corrected chi connectivity index (χ2v) is 0.283. The summed E-state index contributed by atoms with van der Waals surface area (Å²) in [5.74, 6) is 0. The number of rotatable bonds is 0. The maximum Gasteiger partial charge on any atom is 0.503 e. The predicted octanol–water partition coefficient (Wildman–Crippen LogP) is -0.602. The molecule has 0 heterocycles. The van der Waals surface area contributed by atoms with Crippen LogP contribution in [0.1, 0.15) is 0 Å². The smallest absolute Gasteiger partial charge is 0.450 e. The van der Waals surface area contributed by atoms with Gasteiger partial charge in [-0.05, 0) is 0 Å². The molecule has 0 spiro atoms. The van der Waals surface area contributed by atoms with Crippen LogP contribution >= 0.6 is 0 Å². The van der Waals surface area contributed by atoms with Crippen LogP contribution in [0.25, 0.3) is 0 Å². The van der Waals surface area contributed by atoms with Crippen molar-refractivity contribution in [2.75, 3.05) is 0 Å². The summed E-state index contributed by atoms with van der Waals surface area (Å²) < 4.78 is 0. The van der Waals surface area contributed by atoms with Crippen LogP contribution in [0.5, 0.6) is 0 Å². The van der Waals surface area contributed by atoms with E-state index in [0.29, 0.717) is 0 Å². The molecule has 0 aliphatic carbocycles. The molecule has 0 aromatic heterocycles. The molecular weight excluding hydrogens is 77.0 g/mol. The number of carboxylic acid groups (broad SMARTS) is 2. The van der Waals surface area contributed by atoms with Crippen molar-refractivity contribution in [2.24, 2.45) is 0 Å². The first-order valence-electron chi connectivity index (χ1n) is 0.651. The van der Waals surface area contributed by atoms with Crippen molar-refractivity contribution >= 4 is 6.16 Å². The predicted molar refractivity (Wildman–Crippen MR) is 14.3 cm³/mol. The molecule has 4 nitrogen and oxygen atoms in total. The standard InChI is InChI=1S/CH2O3.La.H2O/c2-1(3)4;;/h(H2,2,3,4);;1H2/i;1-4;. The zero-order chi connectivity index (χ0) is 3.58. The normalized spacial score (nSPS) is 4.00. The maximum absolute atomic E-state index is 8.56. The van der Waals surface area contributed by atoms with Gasteiger partial charge in [-0.1, -0.05) is 0 Å². The average Bonchev–Trinajstić information content (AvgIpc) is 0.811. The first-order chi connectivity index (χ1) is 1.73. The van der Waals surface area contributed by atoms with Crippen LogP contribution in [0.2, 0.25) is 0 Å². The van der Waals surface area contributed by atoms with E-state index in [9.17, 15) is 0 Å². The van der Waals surface area contributed by atoms with E-state index < -0.39 is 6.16 Å². The number of carbonyl (C=O) groups is 1. The quantitative estimate of drug-likeness (QED) is 0.408. The molecule has 0 fully saturated rings. The monoisotopic (exact) mass is 81.0 g/mol. The Morgan fingerprint density at radius 3 is 1.33 bits per heavy atom. The van der Waals surface area contributed by atoms with Gasteiger partial charge >= 0.3 is 6.16 Å². The van der Waals surface area contributed by atoms with E-state index in [1.54, 1.807) is 0 Å². The molecular formula is CH4LaO4. The van der Waals surface area contributed by atoms with Crippen LogP contribution in [0.4, 0.5) is 4.79 Å². The van der Waals surface area contributed by atoms with Crippen LogP contribution < -0.4 is 0 Å². The third-order valence-electron chi connectivity index (χ3n) is 0. The summed E-state index contributed by atoms with van der Waals surface area (Å²) in [6.45, 7) is 0. The van der Waals surface area contributed by atoms with E-state index >= 15 is 0 Å². The molecule has 0 aliphatic rings. The minimum atomic E-state index is -1.83. The molecule has 0 rings (SSSR count). The fraction of sp³-hybridized carbons (Fsp3) is 0. The SMILES string of the molecule is O.O=C(O)O.[1La]. The van der Waals surface area contributed by atoms with E-state index in [2.05, 4.69) is 0 Å². The summed E-state index contributed by atoms with van der Waals surface area (Å²) in [5, 5.41) is 13.9. The van der Waals surface area contributed by atoms with Gasteiger partial charge in [-0.15, -0.1) is 0 Å². The molecule has 0 aromatic carbocycles. The van der Waals surface area contributed by atoms with Crippen molar-refractivity contribution in [3.05, 3.63) is 0 Å². The number of hydrogen-bond donors (Lipinski definition) is 2. The molecule has 0 aromatic rings. The van der Waals surface area contributed by atoms with Crippen LogP contribution in [-0.4, -0.2) is 21.8 Å². The van der Waals surface area contributed by atoms with Crippen molar-refractivity contribution < 1.29 is 56.1 Å². The Bertz CT molecular complexity index is 30.5. The molecule has 0 saturated carbocycles. The Hall–Kier alpha value is 0.425. The van der Waals surface area contributed by atoms with E-state index in [1.807, 2.05) is 0 Å². The molecule has 0 aliphatic heterocycles.